The Morgan fingerprint density at radius 1 is 1.29 bits per heavy atom. The molecule has 2 aromatic rings. The van der Waals surface area contributed by atoms with E-state index in [-0.39, 0.29) is 11.6 Å². The lowest BCUT2D eigenvalue weighted by Gasteiger charge is -2.05. The number of anilines is 1. The second-order valence-corrected chi connectivity index (χ2v) is 4.55. The zero-order valence-corrected chi connectivity index (χ0v) is 11.3. The predicted octanol–water partition coefficient (Wildman–Crippen LogP) is 3.26. The fraction of sp³-hybridized carbons (Fsp3) is 0.286. The molecule has 0 bridgehead atoms. The van der Waals surface area contributed by atoms with Crippen LogP contribution < -0.4 is 5.32 Å². The van der Waals surface area contributed by atoms with Crippen molar-refractivity contribution in [3.05, 3.63) is 47.8 Å². The first-order valence-electron chi connectivity index (χ1n) is 6.37. The lowest BCUT2D eigenvalue weighted by Crippen LogP contribution is -2.18. The Kier molecular flexibility index (Phi) is 4.30. The van der Waals surface area contributed by atoms with Crippen molar-refractivity contribution in [2.45, 2.75) is 26.1 Å². The highest BCUT2D eigenvalue weighted by atomic mass is 19.4. The summed E-state index contributed by atoms with van der Waals surface area (Å²) >= 11 is 0. The average molecular weight is 297 g/mol. The van der Waals surface area contributed by atoms with Gasteiger partial charge in [-0.25, -0.2) is 0 Å². The second kappa shape index (κ2) is 5.99. The number of aryl methyl sites for hydroxylation is 1. The Hall–Kier alpha value is -2.31. The molecule has 0 aliphatic heterocycles. The molecule has 21 heavy (non-hydrogen) atoms. The minimum absolute atomic E-state index is 0.226. The van der Waals surface area contributed by atoms with E-state index >= 15 is 0 Å². The van der Waals surface area contributed by atoms with E-state index < -0.39 is 12.7 Å². The number of halogens is 3. The summed E-state index contributed by atoms with van der Waals surface area (Å²) < 4.78 is 37.3. The molecule has 2 rings (SSSR count). The largest absolute Gasteiger partial charge is 0.408 e. The Morgan fingerprint density at radius 3 is 2.52 bits per heavy atom. The number of aromatic nitrogens is 2. The molecule has 4 nitrogen and oxygen atoms in total. The molecule has 0 aliphatic rings. The lowest BCUT2D eigenvalue weighted by atomic mass is 10.1. The number of hydrogen-bond acceptors (Lipinski definition) is 2. The first kappa shape index (κ1) is 15.1. The monoisotopic (exact) mass is 297 g/mol. The highest BCUT2D eigenvalue weighted by Crippen LogP contribution is 2.18. The fourth-order valence-electron chi connectivity index (χ4n) is 1.79. The standard InChI is InChI=1S/C14H14F3N3O/c1-2-10-3-5-11(6-4-10)13(21)19-12-7-18-20(8-12)9-14(15,16)17/h3-8H,2,9H2,1H3,(H,19,21). The van der Waals surface area contributed by atoms with Crippen molar-refractivity contribution in [1.29, 1.82) is 0 Å². The summed E-state index contributed by atoms with van der Waals surface area (Å²) in [7, 11) is 0. The van der Waals surface area contributed by atoms with Gasteiger partial charge in [-0.2, -0.15) is 18.3 Å². The molecule has 0 fully saturated rings. The van der Waals surface area contributed by atoms with Gasteiger partial charge in [-0.15, -0.1) is 0 Å². The van der Waals surface area contributed by atoms with Gasteiger partial charge in [-0.1, -0.05) is 19.1 Å². The summed E-state index contributed by atoms with van der Waals surface area (Å²) in [5.74, 6) is -0.385. The van der Waals surface area contributed by atoms with E-state index in [1.165, 1.54) is 6.20 Å². The van der Waals surface area contributed by atoms with Crippen LogP contribution in [0.3, 0.4) is 0 Å². The van der Waals surface area contributed by atoms with Crippen molar-refractivity contribution in [1.82, 2.24) is 9.78 Å². The number of alkyl halides is 3. The molecule has 0 saturated carbocycles. The number of carbonyl (C=O) groups is 1. The molecular formula is C14H14F3N3O. The Labute approximate surface area is 119 Å². The Morgan fingerprint density at radius 2 is 1.95 bits per heavy atom. The molecule has 1 N–H and O–H groups in total. The molecule has 1 aromatic carbocycles. The Bertz CT molecular complexity index is 617. The topological polar surface area (TPSA) is 46.9 Å². The van der Waals surface area contributed by atoms with Crippen LogP contribution in [0.25, 0.3) is 0 Å². The van der Waals surface area contributed by atoms with Gasteiger partial charge < -0.3 is 5.32 Å². The second-order valence-electron chi connectivity index (χ2n) is 4.55. The van der Waals surface area contributed by atoms with Crippen LogP contribution in [-0.2, 0) is 13.0 Å². The third-order valence-electron chi connectivity index (χ3n) is 2.86. The van der Waals surface area contributed by atoms with Crippen LogP contribution in [0.4, 0.5) is 18.9 Å². The number of nitrogens with one attached hydrogen (secondary N) is 1. The quantitative estimate of drug-likeness (QED) is 0.941. The predicted molar refractivity (Wildman–Crippen MR) is 72.1 cm³/mol. The SMILES string of the molecule is CCc1ccc(C(=O)Nc2cnn(CC(F)(F)F)c2)cc1. The Balaban J connectivity index is 2.02. The van der Waals surface area contributed by atoms with Gasteiger partial charge in [-0.05, 0) is 24.1 Å². The van der Waals surface area contributed by atoms with Crippen LogP contribution >= 0.6 is 0 Å². The van der Waals surface area contributed by atoms with E-state index in [1.54, 1.807) is 12.1 Å². The van der Waals surface area contributed by atoms with Gasteiger partial charge in [0, 0.05) is 11.8 Å². The molecular weight excluding hydrogens is 283 g/mol. The fourth-order valence-corrected chi connectivity index (χ4v) is 1.79. The van der Waals surface area contributed by atoms with Gasteiger partial charge in [0.2, 0.25) is 0 Å². The van der Waals surface area contributed by atoms with E-state index in [0.29, 0.717) is 5.56 Å². The number of nitrogens with zero attached hydrogens (tertiary/aromatic N) is 2. The van der Waals surface area contributed by atoms with Crippen LogP contribution in [0.15, 0.2) is 36.7 Å². The maximum absolute atomic E-state index is 12.2. The summed E-state index contributed by atoms with van der Waals surface area (Å²) in [5, 5.41) is 6.07. The van der Waals surface area contributed by atoms with Crippen molar-refractivity contribution in [3.63, 3.8) is 0 Å². The molecule has 7 heteroatoms. The summed E-state index contributed by atoms with van der Waals surface area (Å²) in [5.41, 5.74) is 1.77. The minimum Gasteiger partial charge on any atom is -0.319 e. The molecule has 112 valence electrons. The van der Waals surface area contributed by atoms with Gasteiger partial charge >= 0.3 is 6.18 Å². The summed E-state index contributed by atoms with van der Waals surface area (Å²) in [6.07, 6.45) is -1.15. The van der Waals surface area contributed by atoms with Crippen molar-refractivity contribution < 1.29 is 18.0 Å². The first-order chi connectivity index (χ1) is 9.87. The van der Waals surface area contributed by atoms with Gasteiger partial charge in [0.1, 0.15) is 6.54 Å². The van der Waals surface area contributed by atoms with Gasteiger partial charge in [0.15, 0.2) is 0 Å². The molecule has 0 unspecified atom stereocenters. The zero-order valence-electron chi connectivity index (χ0n) is 11.3. The molecule has 0 spiro atoms. The summed E-state index contributed by atoms with van der Waals surface area (Å²) in [6.45, 7) is 0.818. The average Bonchev–Trinajstić information content (AvgIpc) is 2.83. The van der Waals surface area contributed by atoms with Crippen LogP contribution in [0, 0.1) is 0 Å². The number of hydrogen-bond donors (Lipinski definition) is 1. The van der Waals surface area contributed by atoms with E-state index in [1.807, 2.05) is 19.1 Å². The van der Waals surface area contributed by atoms with E-state index in [4.69, 9.17) is 0 Å². The van der Waals surface area contributed by atoms with E-state index in [0.717, 1.165) is 22.9 Å². The molecule has 1 aromatic heterocycles. The zero-order chi connectivity index (χ0) is 15.5. The van der Waals surface area contributed by atoms with Crippen LogP contribution in [0.1, 0.15) is 22.8 Å². The highest BCUT2D eigenvalue weighted by molar-refractivity contribution is 6.04. The first-order valence-corrected chi connectivity index (χ1v) is 6.37. The smallest absolute Gasteiger partial charge is 0.319 e. The summed E-state index contributed by atoms with van der Waals surface area (Å²) in [4.78, 5) is 11.9. The molecule has 0 radical (unpaired) electrons. The number of rotatable bonds is 4. The molecule has 1 heterocycles. The maximum Gasteiger partial charge on any atom is 0.408 e. The molecule has 0 aliphatic carbocycles. The minimum atomic E-state index is -4.34. The van der Waals surface area contributed by atoms with Crippen LogP contribution in [0.2, 0.25) is 0 Å². The summed E-state index contributed by atoms with van der Waals surface area (Å²) in [6, 6.07) is 7.02. The molecule has 0 atom stereocenters. The van der Waals surface area contributed by atoms with Crippen molar-refractivity contribution >= 4 is 11.6 Å². The third-order valence-corrected chi connectivity index (χ3v) is 2.86. The van der Waals surface area contributed by atoms with Crippen LogP contribution in [0.5, 0.6) is 0 Å². The number of benzene rings is 1. The lowest BCUT2D eigenvalue weighted by molar-refractivity contribution is -0.142. The van der Waals surface area contributed by atoms with E-state index in [2.05, 4.69) is 10.4 Å². The normalized spacial score (nSPS) is 11.4. The van der Waals surface area contributed by atoms with Crippen molar-refractivity contribution in [3.8, 4) is 0 Å². The molecule has 1 amide bonds. The molecule has 0 saturated heterocycles. The van der Waals surface area contributed by atoms with E-state index in [9.17, 15) is 18.0 Å². The third kappa shape index (κ3) is 4.34. The highest BCUT2D eigenvalue weighted by Gasteiger charge is 2.28. The number of carbonyl (C=O) groups excluding carboxylic acids is 1. The van der Waals surface area contributed by atoms with Crippen molar-refractivity contribution in [2.75, 3.05) is 5.32 Å². The maximum atomic E-state index is 12.2. The van der Waals surface area contributed by atoms with Gasteiger partial charge in [-0.3, -0.25) is 9.48 Å². The number of amides is 1. The van der Waals surface area contributed by atoms with Crippen LogP contribution in [-0.4, -0.2) is 21.9 Å². The van der Waals surface area contributed by atoms with Gasteiger partial charge in [0.25, 0.3) is 5.91 Å². The van der Waals surface area contributed by atoms with Crippen molar-refractivity contribution in [2.24, 2.45) is 0 Å². The van der Waals surface area contributed by atoms with Gasteiger partial charge in [0.05, 0.1) is 11.9 Å².